The Morgan fingerprint density at radius 1 is 0.435 bits per heavy atom. The minimum atomic E-state index is 0.621. The molecule has 0 aliphatic heterocycles. The maximum absolute atomic E-state index is 6.41. The van der Waals surface area contributed by atoms with Crippen molar-refractivity contribution in [1.29, 1.82) is 0 Å². The van der Waals surface area contributed by atoms with Gasteiger partial charge in [-0.15, -0.1) is 0 Å². The monoisotopic (exact) mass is 588 g/mol. The highest BCUT2D eigenvalue weighted by Gasteiger charge is 2.20. The smallest absolute Gasteiger partial charge is 0.227 e. The lowest BCUT2D eigenvalue weighted by atomic mass is 9.93. The van der Waals surface area contributed by atoms with Crippen molar-refractivity contribution in [3.63, 3.8) is 0 Å². The zero-order valence-corrected chi connectivity index (χ0v) is 25.0. The van der Waals surface area contributed by atoms with Gasteiger partial charge in [-0.05, 0) is 81.2 Å². The molecule has 1 aromatic heterocycles. The van der Waals surface area contributed by atoms with Gasteiger partial charge in [0, 0.05) is 27.7 Å². The van der Waals surface area contributed by atoms with Gasteiger partial charge in [0.1, 0.15) is 5.52 Å². The lowest BCUT2D eigenvalue weighted by molar-refractivity contribution is 0.623. The predicted octanol–water partition coefficient (Wildman–Crippen LogP) is 12.1. The minimum absolute atomic E-state index is 0.621. The average molecular weight is 589 g/mol. The van der Waals surface area contributed by atoms with Gasteiger partial charge >= 0.3 is 0 Å². The number of rotatable bonds is 5. The van der Waals surface area contributed by atoms with Crippen LogP contribution < -0.4 is 4.90 Å². The normalized spacial score (nSPS) is 11.5. The molecular formula is C43H28N2O. The summed E-state index contributed by atoms with van der Waals surface area (Å²) < 4.78 is 6.41. The number of fused-ring (bicyclic) bond motifs is 6. The molecule has 0 radical (unpaired) electrons. The van der Waals surface area contributed by atoms with Gasteiger partial charge in [-0.3, -0.25) is 0 Å². The molecular weight excluding hydrogens is 560 g/mol. The Kier molecular flexibility index (Phi) is 6.14. The van der Waals surface area contributed by atoms with Crippen molar-refractivity contribution >= 4 is 60.5 Å². The second-order valence-electron chi connectivity index (χ2n) is 11.6. The molecule has 0 saturated carbocycles. The van der Waals surface area contributed by atoms with E-state index in [2.05, 4.69) is 144 Å². The molecule has 216 valence electrons. The third kappa shape index (κ3) is 4.33. The van der Waals surface area contributed by atoms with Crippen molar-refractivity contribution in [3.8, 4) is 22.6 Å². The van der Waals surface area contributed by atoms with Crippen LogP contribution in [0.25, 0.3) is 66.0 Å². The van der Waals surface area contributed by atoms with Crippen LogP contribution >= 0.6 is 0 Å². The van der Waals surface area contributed by atoms with Crippen molar-refractivity contribution in [2.75, 3.05) is 4.90 Å². The van der Waals surface area contributed by atoms with Crippen molar-refractivity contribution in [2.45, 2.75) is 0 Å². The first-order valence-corrected chi connectivity index (χ1v) is 15.6. The molecule has 0 unspecified atom stereocenters. The average Bonchev–Trinajstić information content (AvgIpc) is 3.57. The number of hydrogen-bond donors (Lipinski definition) is 0. The highest BCUT2D eigenvalue weighted by atomic mass is 16.3. The first-order chi connectivity index (χ1) is 22.8. The van der Waals surface area contributed by atoms with E-state index in [9.17, 15) is 0 Å². The lowest BCUT2D eigenvalue weighted by Gasteiger charge is -2.27. The minimum Gasteiger partial charge on any atom is -0.435 e. The van der Waals surface area contributed by atoms with E-state index < -0.39 is 0 Å². The van der Waals surface area contributed by atoms with Gasteiger partial charge in [-0.2, -0.15) is 0 Å². The topological polar surface area (TPSA) is 29.3 Å². The number of aromatic nitrogens is 1. The van der Waals surface area contributed by atoms with Crippen molar-refractivity contribution in [3.05, 3.63) is 170 Å². The first-order valence-electron chi connectivity index (χ1n) is 15.6. The SMILES string of the molecule is c1ccc(-c2nc3cc(N(c4ccccc4)c4ccc(-c5cc6ccccc6c6ccccc56)cc4)c4ccccc4c3o2)cc1. The summed E-state index contributed by atoms with van der Waals surface area (Å²) in [6, 6.07) is 59.8. The summed E-state index contributed by atoms with van der Waals surface area (Å²) in [5.74, 6) is 0.621. The van der Waals surface area contributed by atoms with Crippen LogP contribution in [0.2, 0.25) is 0 Å². The number of nitrogens with zero attached hydrogens (tertiary/aromatic N) is 2. The zero-order valence-electron chi connectivity index (χ0n) is 25.0. The van der Waals surface area contributed by atoms with Crippen molar-refractivity contribution in [2.24, 2.45) is 0 Å². The molecule has 3 heteroatoms. The fourth-order valence-electron chi connectivity index (χ4n) is 6.71. The molecule has 8 aromatic carbocycles. The second kappa shape index (κ2) is 10.8. The van der Waals surface area contributed by atoms with Crippen LogP contribution in [0.5, 0.6) is 0 Å². The second-order valence-corrected chi connectivity index (χ2v) is 11.6. The van der Waals surface area contributed by atoms with Crippen LogP contribution in [-0.4, -0.2) is 4.98 Å². The molecule has 0 saturated heterocycles. The van der Waals surface area contributed by atoms with Gasteiger partial charge in [-0.25, -0.2) is 4.98 Å². The van der Waals surface area contributed by atoms with Crippen LogP contribution in [-0.2, 0) is 0 Å². The summed E-state index contributed by atoms with van der Waals surface area (Å²) in [6.07, 6.45) is 0. The molecule has 0 amide bonds. The molecule has 3 nitrogen and oxygen atoms in total. The molecule has 0 bridgehead atoms. The van der Waals surface area contributed by atoms with Crippen LogP contribution in [0.4, 0.5) is 17.1 Å². The molecule has 0 atom stereocenters. The molecule has 0 N–H and O–H groups in total. The number of anilines is 3. The van der Waals surface area contributed by atoms with Crippen LogP contribution in [0, 0.1) is 0 Å². The van der Waals surface area contributed by atoms with Gasteiger partial charge in [0.15, 0.2) is 5.58 Å². The number of oxazole rings is 1. The standard InChI is InChI=1S/C43H28N2O/c1-3-13-30(14-4-1)43-44-40-28-41(37-21-11-12-22-38(37)42(40)46-43)45(32-16-5-2-6-17-32)33-25-23-29(24-26-33)39-27-31-15-7-8-18-34(31)35-19-9-10-20-36(35)39/h1-28H. The fourth-order valence-corrected chi connectivity index (χ4v) is 6.71. The van der Waals surface area contributed by atoms with E-state index in [0.29, 0.717) is 5.89 Å². The largest absolute Gasteiger partial charge is 0.435 e. The Bertz CT molecular complexity index is 2520. The van der Waals surface area contributed by atoms with Gasteiger partial charge in [-0.1, -0.05) is 121 Å². The number of para-hydroxylation sites is 1. The molecule has 46 heavy (non-hydrogen) atoms. The fraction of sp³-hybridized carbons (Fsp3) is 0. The maximum Gasteiger partial charge on any atom is 0.227 e. The Balaban J connectivity index is 1.23. The van der Waals surface area contributed by atoms with E-state index >= 15 is 0 Å². The Morgan fingerprint density at radius 3 is 1.78 bits per heavy atom. The Morgan fingerprint density at radius 2 is 1.02 bits per heavy atom. The summed E-state index contributed by atoms with van der Waals surface area (Å²) in [7, 11) is 0. The zero-order chi connectivity index (χ0) is 30.5. The third-order valence-electron chi connectivity index (χ3n) is 8.86. The van der Waals surface area contributed by atoms with E-state index in [1.54, 1.807) is 0 Å². The molecule has 9 aromatic rings. The highest BCUT2D eigenvalue weighted by Crippen LogP contribution is 2.43. The maximum atomic E-state index is 6.41. The Hall–Kier alpha value is -6.19. The van der Waals surface area contributed by atoms with E-state index in [4.69, 9.17) is 9.40 Å². The summed E-state index contributed by atoms with van der Waals surface area (Å²) in [5.41, 5.74) is 8.18. The van der Waals surface area contributed by atoms with Crippen LogP contribution in [0.15, 0.2) is 174 Å². The van der Waals surface area contributed by atoms with E-state index in [1.165, 1.54) is 32.7 Å². The summed E-state index contributed by atoms with van der Waals surface area (Å²) in [4.78, 5) is 7.30. The quantitative estimate of drug-likeness (QED) is 0.187. The van der Waals surface area contributed by atoms with Crippen molar-refractivity contribution < 1.29 is 4.42 Å². The Labute approximate surface area is 266 Å². The van der Waals surface area contributed by atoms with Gasteiger partial charge in [0.2, 0.25) is 5.89 Å². The molecule has 1 heterocycles. The lowest BCUT2D eigenvalue weighted by Crippen LogP contribution is -2.10. The van der Waals surface area contributed by atoms with E-state index in [1.807, 2.05) is 30.3 Å². The number of benzene rings is 8. The summed E-state index contributed by atoms with van der Waals surface area (Å²) >= 11 is 0. The molecule has 0 spiro atoms. The van der Waals surface area contributed by atoms with Crippen LogP contribution in [0.1, 0.15) is 0 Å². The summed E-state index contributed by atoms with van der Waals surface area (Å²) in [6.45, 7) is 0. The van der Waals surface area contributed by atoms with Crippen molar-refractivity contribution in [1.82, 2.24) is 4.98 Å². The highest BCUT2D eigenvalue weighted by molar-refractivity contribution is 6.14. The van der Waals surface area contributed by atoms with Gasteiger partial charge < -0.3 is 9.32 Å². The third-order valence-corrected chi connectivity index (χ3v) is 8.86. The summed E-state index contributed by atoms with van der Waals surface area (Å²) in [5, 5.41) is 7.18. The van der Waals surface area contributed by atoms with E-state index in [0.717, 1.165) is 44.5 Å². The molecule has 9 rings (SSSR count). The molecule has 0 aliphatic rings. The van der Waals surface area contributed by atoms with Gasteiger partial charge in [0.05, 0.1) is 5.69 Å². The first kappa shape index (κ1) is 26.2. The number of hydrogen-bond acceptors (Lipinski definition) is 3. The van der Waals surface area contributed by atoms with Crippen LogP contribution in [0.3, 0.4) is 0 Å². The molecule has 0 aliphatic carbocycles. The predicted molar refractivity (Wildman–Crippen MR) is 192 cm³/mol. The van der Waals surface area contributed by atoms with E-state index in [-0.39, 0.29) is 0 Å². The van der Waals surface area contributed by atoms with Gasteiger partial charge in [0.25, 0.3) is 0 Å². The molecule has 0 fully saturated rings.